The van der Waals surface area contributed by atoms with E-state index in [1.807, 2.05) is 73.4 Å². The number of carbonyl (C=O) groups is 1. The predicted octanol–water partition coefficient (Wildman–Crippen LogP) is 6.01. The lowest BCUT2D eigenvalue weighted by Crippen LogP contribution is -1.96. The molecule has 0 atom stereocenters. The Kier molecular flexibility index (Phi) is 7.54. The summed E-state index contributed by atoms with van der Waals surface area (Å²) < 4.78 is 10.0. The van der Waals surface area contributed by atoms with E-state index in [-0.39, 0.29) is 0 Å². The molecule has 0 saturated carbocycles. The van der Waals surface area contributed by atoms with Gasteiger partial charge in [0.25, 0.3) is 0 Å². The molecule has 4 rings (SSSR count). The number of para-hydroxylation sites is 1. The van der Waals surface area contributed by atoms with Crippen molar-refractivity contribution >= 4 is 40.8 Å². The third-order valence-electron chi connectivity index (χ3n) is 4.69. The number of nitrogens with zero attached hydrogens (tertiary/aromatic N) is 1. The molecular weight excluding hydrogens is 394 g/mol. The van der Waals surface area contributed by atoms with Crippen molar-refractivity contribution in [1.29, 1.82) is 0 Å². The first kappa shape index (κ1) is 21.5. The number of rotatable bonds is 6. The summed E-state index contributed by atoms with van der Waals surface area (Å²) in [6.07, 6.45) is 2.85. The van der Waals surface area contributed by atoms with E-state index in [9.17, 15) is 4.79 Å². The number of aryl methyl sites for hydroxylation is 1. The molecule has 4 aromatic rings. The maximum Gasteiger partial charge on any atom is 0.152 e. The molecule has 0 aliphatic carbocycles. The topological polar surface area (TPSA) is 55.3 Å². The maximum atomic E-state index is 10.7. The zero-order valence-corrected chi connectivity index (χ0v) is 18.1. The van der Waals surface area contributed by atoms with Crippen LogP contribution in [-0.2, 0) is 11.2 Å². The highest BCUT2D eigenvalue weighted by molar-refractivity contribution is 7.96. The van der Waals surface area contributed by atoms with E-state index in [0.29, 0.717) is 0 Å². The first-order valence-corrected chi connectivity index (χ1v) is 10.2. The van der Waals surface area contributed by atoms with Gasteiger partial charge in [-0.25, -0.2) is 0 Å². The fraction of sp³-hybridized carbons (Fsp3) is 0.125. The van der Waals surface area contributed by atoms with Crippen molar-refractivity contribution in [1.82, 2.24) is 4.57 Å². The van der Waals surface area contributed by atoms with Crippen LogP contribution in [0.1, 0.15) is 10.4 Å². The summed E-state index contributed by atoms with van der Waals surface area (Å²) in [6, 6.07) is 24.3. The van der Waals surface area contributed by atoms with Gasteiger partial charge < -0.3 is 18.8 Å². The van der Waals surface area contributed by atoms with Crippen LogP contribution in [0.4, 0.5) is 11.4 Å². The minimum Gasteiger partial charge on any atom is -0.386 e. The number of carbonyl (C=O) groups excluding carboxylic acids is 1. The summed E-state index contributed by atoms with van der Waals surface area (Å²) in [7, 11) is 5.48. The Bertz CT molecular complexity index is 1110. The molecule has 1 heterocycles. The second-order valence-electron chi connectivity index (χ2n) is 6.56. The molecule has 0 radical (unpaired) electrons. The van der Waals surface area contributed by atoms with Gasteiger partial charge in [0.1, 0.15) is 12.2 Å². The molecule has 0 bridgehead atoms. The Hall–Kier alpha value is -3.22. The van der Waals surface area contributed by atoms with E-state index in [1.165, 1.54) is 23.4 Å². The summed E-state index contributed by atoms with van der Waals surface area (Å²) >= 11 is 1.20. The molecule has 0 unspecified atom stereocenters. The summed E-state index contributed by atoms with van der Waals surface area (Å²) in [6.45, 7) is 0. The van der Waals surface area contributed by atoms with Gasteiger partial charge in [0, 0.05) is 31.2 Å². The molecule has 0 amide bonds. The van der Waals surface area contributed by atoms with Crippen LogP contribution in [0, 0.1) is 0 Å². The van der Waals surface area contributed by atoms with Crippen molar-refractivity contribution < 1.29 is 8.98 Å². The third kappa shape index (κ3) is 5.03. The largest absolute Gasteiger partial charge is 0.386 e. The number of hydrogen-bond donors (Lipinski definition) is 2. The van der Waals surface area contributed by atoms with Crippen LogP contribution >= 0.6 is 12.2 Å². The minimum atomic E-state index is 0.750. The first-order valence-electron chi connectivity index (χ1n) is 9.50. The highest BCUT2D eigenvalue weighted by Crippen LogP contribution is 2.30. The second-order valence-corrected chi connectivity index (χ2v) is 7.26. The first-order chi connectivity index (χ1) is 14.7. The lowest BCUT2D eigenvalue weighted by Gasteiger charge is -2.12. The zero-order chi connectivity index (χ0) is 21.3. The van der Waals surface area contributed by atoms with Gasteiger partial charge in [-0.15, -0.1) is 0 Å². The quantitative estimate of drug-likeness (QED) is 0.228. The molecule has 5 nitrogen and oxygen atoms in total. The Morgan fingerprint density at radius 2 is 1.73 bits per heavy atom. The van der Waals surface area contributed by atoms with Crippen LogP contribution in [0.25, 0.3) is 22.0 Å². The number of benzene rings is 3. The third-order valence-corrected chi connectivity index (χ3v) is 5.16. The van der Waals surface area contributed by atoms with Crippen LogP contribution in [0.5, 0.6) is 0 Å². The molecule has 2 N–H and O–H groups in total. The van der Waals surface area contributed by atoms with Gasteiger partial charge in [-0.3, -0.25) is 4.79 Å². The van der Waals surface area contributed by atoms with Gasteiger partial charge in [-0.1, -0.05) is 48.5 Å². The normalized spacial score (nSPS) is 10.2. The van der Waals surface area contributed by atoms with Crippen LogP contribution in [0.2, 0.25) is 0 Å². The molecule has 0 aliphatic heterocycles. The number of aromatic nitrogens is 1. The van der Waals surface area contributed by atoms with Gasteiger partial charge in [-0.2, -0.15) is 0 Å². The average molecular weight is 420 g/mol. The van der Waals surface area contributed by atoms with Gasteiger partial charge >= 0.3 is 0 Å². The average Bonchev–Trinajstić information content (AvgIpc) is 3.19. The van der Waals surface area contributed by atoms with E-state index in [1.54, 1.807) is 7.11 Å². The van der Waals surface area contributed by atoms with Crippen molar-refractivity contribution in [3.05, 3.63) is 84.6 Å². The predicted molar refractivity (Wildman–Crippen MR) is 128 cm³/mol. The molecule has 30 heavy (non-hydrogen) atoms. The Balaban J connectivity index is 0.000000184. The standard InChI is InChI=1S/C14H16N2OS.C10H9NO/c1-15-14-10-12(11-6-4-3-5-7-11)8-9-13(14)16-18-17-2;1-11-6-5-8-3-2-4-9(7-12)10(8)11/h3-10,15-16H,1-2H3;2-7H,1H3. The molecule has 6 heteroatoms. The Morgan fingerprint density at radius 3 is 2.43 bits per heavy atom. The molecule has 3 aromatic carbocycles. The Morgan fingerprint density at radius 1 is 0.933 bits per heavy atom. The molecule has 0 aliphatic rings. The maximum absolute atomic E-state index is 10.7. The number of fused-ring (bicyclic) bond motifs is 1. The van der Waals surface area contributed by atoms with Gasteiger partial charge in [0.05, 0.1) is 24.0 Å². The van der Waals surface area contributed by atoms with Gasteiger partial charge in [-0.05, 0) is 35.4 Å². The lowest BCUT2D eigenvalue weighted by molar-refractivity contribution is 0.112. The molecule has 0 spiro atoms. The van der Waals surface area contributed by atoms with E-state index >= 15 is 0 Å². The number of hydrogen-bond acceptors (Lipinski definition) is 5. The van der Waals surface area contributed by atoms with Gasteiger partial charge in [0.2, 0.25) is 0 Å². The number of nitrogens with one attached hydrogen (secondary N) is 2. The fourth-order valence-electron chi connectivity index (χ4n) is 3.22. The second kappa shape index (κ2) is 10.5. The van der Waals surface area contributed by atoms with Crippen molar-refractivity contribution in [3.8, 4) is 11.1 Å². The highest BCUT2D eigenvalue weighted by atomic mass is 32.2. The summed E-state index contributed by atoms with van der Waals surface area (Å²) in [5, 5.41) is 4.30. The van der Waals surface area contributed by atoms with Crippen LogP contribution in [-0.4, -0.2) is 25.0 Å². The summed E-state index contributed by atoms with van der Waals surface area (Å²) in [4.78, 5) is 10.7. The molecular formula is C24H25N3O2S. The highest BCUT2D eigenvalue weighted by Gasteiger charge is 2.04. The van der Waals surface area contributed by atoms with E-state index in [2.05, 4.69) is 34.3 Å². The van der Waals surface area contributed by atoms with Gasteiger partial charge in [0.15, 0.2) is 6.29 Å². The van der Waals surface area contributed by atoms with E-state index < -0.39 is 0 Å². The van der Waals surface area contributed by atoms with Crippen molar-refractivity contribution in [2.75, 3.05) is 24.2 Å². The van der Waals surface area contributed by atoms with Crippen LogP contribution in [0.15, 0.2) is 79.0 Å². The van der Waals surface area contributed by atoms with Crippen molar-refractivity contribution in [3.63, 3.8) is 0 Å². The smallest absolute Gasteiger partial charge is 0.152 e. The number of aldehydes is 1. The monoisotopic (exact) mass is 419 g/mol. The van der Waals surface area contributed by atoms with Crippen molar-refractivity contribution in [2.24, 2.45) is 7.05 Å². The minimum absolute atomic E-state index is 0.750. The zero-order valence-electron chi connectivity index (χ0n) is 17.3. The van der Waals surface area contributed by atoms with Crippen LogP contribution < -0.4 is 10.0 Å². The van der Waals surface area contributed by atoms with Crippen LogP contribution in [0.3, 0.4) is 0 Å². The molecule has 154 valence electrons. The summed E-state index contributed by atoms with van der Waals surface area (Å²) in [5.41, 5.74) is 6.20. The molecule has 0 fully saturated rings. The fourth-order valence-corrected chi connectivity index (χ4v) is 3.57. The lowest BCUT2D eigenvalue weighted by atomic mass is 10.0. The van der Waals surface area contributed by atoms with E-state index in [4.69, 9.17) is 4.18 Å². The number of anilines is 2. The Labute approximate surface area is 181 Å². The summed E-state index contributed by atoms with van der Waals surface area (Å²) in [5.74, 6) is 0. The molecule has 0 saturated heterocycles. The SMILES string of the molecule is CNc1cc(-c2ccccc2)ccc1NSOC.Cn1ccc2cccc(C=O)c21. The van der Waals surface area contributed by atoms with Crippen molar-refractivity contribution in [2.45, 2.75) is 0 Å². The molecule has 1 aromatic heterocycles. The van der Waals surface area contributed by atoms with E-state index in [0.717, 1.165) is 34.1 Å².